The van der Waals surface area contributed by atoms with Crippen LogP contribution in [0.2, 0.25) is 0 Å². The first-order chi connectivity index (χ1) is 8.63. The zero-order chi connectivity index (χ0) is 13.4. The van der Waals surface area contributed by atoms with Crippen LogP contribution in [0.1, 0.15) is 24.5 Å². The lowest BCUT2D eigenvalue weighted by molar-refractivity contribution is 1.21. The molecule has 1 aromatic rings. The van der Waals surface area contributed by atoms with Gasteiger partial charge in [-0.05, 0) is 37.8 Å². The van der Waals surface area contributed by atoms with Gasteiger partial charge in [-0.25, -0.2) is 0 Å². The number of aryl methyl sites for hydroxylation is 1. The Labute approximate surface area is 111 Å². The molecule has 0 aliphatic rings. The minimum atomic E-state index is 0.850. The molecule has 1 aromatic carbocycles. The highest BCUT2D eigenvalue weighted by atomic mass is 14.0. The van der Waals surface area contributed by atoms with Crippen LogP contribution in [0.3, 0.4) is 0 Å². The second-order valence-electron chi connectivity index (χ2n) is 4.57. The summed E-state index contributed by atoms with van der Waals surface area (Å²) in [6.45, 7) is 11.9. The standard InChI is InChI=1S/C18H22/c1-5-9-15(2)14-16(3)10-8-13-18-12-7-6-11-17(18)4/h5-8,10-12,14H,1-2,9,13H2,3-4H3/b10-8-,16-14-. The fourth-order valence-corrected chi connectivity index (χ4v) is 1.83. The van der Waals surface area contributed by atoms with Crippen molar-refractivity contribution in [1.29, 1.82) is 0 Å². The molecule has 0 fully saturated rings. The normalized spacial score (nSPS) is 11.8. The van der Waals surface area contributed by atoms with Crippen molar-refractivity contribution >= 4 is 0 Å². The topological polar surface area (TPSA) is 0 Å². The number of hydrogen-bond acceptors (Lipinski definition) is 0. The summed E-state index contributed by atoms with van der Waals surface area (Å²) >= 11 is 0. The maximum absolute atomic E-state index is 3.98. The number of rotatable bonds is 6. The van der Waals surface area contributed by atoms with E-state index in [1.54, 1.807) is 0 Å². The zero-order valence-corrected chi connectivity index (χ0v) is 11.4. The van der Waals surface area contributed by atoms with Gasteiger partial charge < -0.3 is 0 Å². The van der Waals surface area contributed by atoms with Gasteiger partial charge in [-0.3, -0.25) is 0 Å². The Morgan fingerprint density at radius 3 is 2.67 bits per heavy atom. The van der Waals surface area contributed by atoms with Crippen molar-refractivity contribution in [3.05, 3.63) is 84.0 Å². The molecule has 0 unspecified atom stereocenters. The molecule has 0 spiro atoms. The SMILES string of the molecule is C=CCC(=C)/C=C(C)\C=C/Cc1ccccc1C. The minimum Gasteiger partial charge on any atom is -0.103 e. The first kappa shape index (κ1) is 14.2. The highest BCUT2D eigenvalue weighted by Crippen LogP contribution is 2.10. The van der Waals surface area contributed by atoms with Crippen molar-refractivity contribution < 1.29 is 0 Å². The van der Waals surface area contributed by atoms with Crippen LogP contribution in [0.4, 0.5) is 0 Å². The molecule has 0 radical (unpaired) electrons. The Balaban J connectivity index is 2.58. The summed E-state index contributed by atoms with van der Waals surface area (Å²) in [5, 5.41) is 0. The maximum atomic E-state index is 3.98. The average Bonchev–Trinajstić information content (AvgIpc) is 2.31. The van der Waals surface area contributed by atoms with Crippen LogP contribution >= 0.6 is 0 Å². The molecular weight excluding hydrogens is 216 g/mol. The molecule has 18 heavy (non-hydrogen) atoms. The molecule has 0 bridgehead atoms. The summed E-state index contributed by atoms with van der Waals surface area (Å²) in [7, 11) is 0. The molecule has 0 aromatic heterocycles. The molecule has 0 atom stereocenters. The summed E-state index contributed by atoms with van der Waals surface area (Å²) in [5.74, 6) is 0. The third-order valence-corrected chi connectivity index (χ3v) is 2.82. The van der Waals surface area contributed by atoms with E-state index in [9.17, 15) is 0 Å². The van der Waals surface area contributed by atoms with Crippen LogP contribution in [0.5, 0.6) is 0 Å². The number of benzene rings is 1. The summed E-state index contributed by atoms with van der Waals surface area (Å²) < 4.78 is 0. The molecule has 0 saturated carbocycles. The van der Waals surface area contributed by atoms with Gasteiger partial charge in [-0.1, -0.05) is 66.3 Å². The van der Waals surface area contributed by atoms with Gasteiger partial charge in [0.15, 0.2) is 0 Å². The summed E-state index contributed by atoms with van der Waals surface area (Å²) in [5.41, 5.74) is 5.06. The summed E-state index contributed by atoms with van der Waals surface area (Å²) in [6.07, 6.45) is 10.2. The number of allylic oxidation sites excluding steroid dienone is 6. The smallest absolute Gasteiger partial charge is 0.00916 e. The molecule has 0 aliphatic carbocycles. The molecule has 0 heteroatoms. The van der Waals surface area contributed by atoms with E-state index in [0.29, 0.717) is 0 Å². The van der Waals surface area contributed by atoms with E-state index in [-0.39, 0.29) is 0 Å². The minimum absolute atomic E-state index is 0.850. The molecule has 0 N–H and O–H groups in total. The molecular formula is C18H22. The lowest BCUT2D eigenvalue weighted by Gasteiger charge is -2.01. The first-order valence-corrected chi connectivity index (χ1v) is 6.31. The second kappa shape index (κ2) is 7.50. The Kier molecular flexibility index (Phi) is 5.93. The van der Waals surface area contributed by atoms with Crippen molar-refractivity contribution in [2.75, 3.05) is 0 Å². The van der Waals surface area contributed by atoms with Gasteiger partial charge in [-0.2, -0.15) is 0 Å². The van der Waals surface area contributed by atoms with Gasteiger partial charge in [-0.15, -0.1) is 6.58 Å². The third-order valence-electron chi connectivity index (χ3n) is 2.82. The Morgan fingerprint density at radius 2 is 2.00 bits per heavy atom. The second-order valence-corrected chi connectivity index (χ2v) is 4.57. The van der Waals surface area contributed by atoms with Gasteiger partial charge in [0.2, 0.25) is 0 Å². The average molecular weight is 238 g/mol. The van der Waals surface area contributed by atoms with Gasteiger partial charge in [0.05, 0.1) is 0 Å². The van der Waals surface area contributed by atoms with Gasteiger partial charge in [0.25, 0.3) is 0 Å². The summed E-state index contributed by atoms with van der Waals surface area (Å²) in [6, 6.07) is 8.49. The molecule has 1 rings (SSSR count). The highest BCUT2D eigenvalue weighted by Gasteiger charge is 1.93. The molecule has 0 heterocycles. The maximum Gasteiger partial charge on any atom is -0.00916 e. The Bertz CT molecular complexity index is 473. The van der Waals surface area contributed by atoms with Crippen LogP contribution in [0, 0.1) is 6.92 Å². The van der Waals surface area contributed by atoms with E-state index in [2.05, 4.69) is 69.5 Å². The fourth-order valence-electron chi connectivity index (χ4n) is 1.83. The van der Waals surface area contributed by atoms with Crippen LogP contribution in [0.15, 0.2) is 72.9 Å². The molecule has 94 valence electrons. The predicted octanol–water partition coefficient (Wildman–Crippen LogP) is 5.17. The van der Waals surface area contributed by atoms with Crippen molar-refractivity contribution in [2.24, 2.45) is 0 Å². The molecule has 0 amide bonds. The van der Waals surface area contributed by atoms with Crippen molar-refractivity contribution in [3.63, 3.8) is 0 Å². The van der Waals surface area contributed by atoms with Crippen LogP contribution in [0.25, 0.3) is 0 Å². The van der Waals surface area contributed by atoms with E-state index >= 15 is 0 Å². The van der Waals surface area contributed by atoms with E-state index in [1.807, 2.05) is 6.08 Å². The quantitative estimate of drug-likeness (QED) is 0.473. The largest absolute Gasteiger partial charge is 0.103 e. The van der Waals surface area contributed by atoms with E-state index in [4.69, 9.17) is 0 Å². The Hall–Kier alpha value is -1.82. The molecule has 0 nitrogen and oxygen atoms in total. The third kappa shape index (κ3) is 5.01. The van der Waals surface area contributed by atoms with E-state index in [0.717, 1.165) is 18.4 Å². The Morgan fingerprint density at radius 1 is 1.28 bits per heavy atom. The van der Waals surface area contributed by atoms with Crippen LogP contribution < -0.4 is 0 Å². The van der Waals surface area contributed by atoms with Crippen molar-refractivity contribution in [2.45, 2.75) is 26.7 Å². The lowest BCUT2D eigenvalue weighted by atomic mass is 10.0. The fraction of sp³-hybridized carbons (Fsp3) is 0.222. The summed E-state index contributed by atoms with van der Waals surface area (Å²) in [4.78, 5) is 0. The van der Waals surface area contributed by atoms with Gasteiger partial charge in [0.1, 0.15) is 0 Å². The van der Waals surface area contributed by atoms with E-state index < -0.39 is 0 Å². The monoisotopic (exact) mass is 238 g/mol. The lowest BCUT2D eigenvalue weighted by Crippen LogP contribution is -1.85. The van der Waals surface area contributed by atoms with Gasteiger partial charge in [0, 0.05) is 0 Å². The first-order valence-electron chi connectivity index (χ1n) is 6.31. The number of hydrogen-bond donors (Lipinski definition) is 0. The zero-order valence-electron chi connectivity index (χ0n) is 11.4. The van der Waals surface area contributed by atoms with Crippen molar-refractivity contribution in [3.8, 4) is 0 Å². The molecule has 0 saturated heterocycles. The highest BCUT2D eigenvalue weighted by molar-refractivity contribution is 5.31. The van der Waals surface area contributed by atoms with Gasteiger partial charge >= 0.3 is 0 Å². The predicted molar refractivity (Wildman–Crippen MR) is 81.7 cm³/mol. The van der Waals surface area contributed by atoms with Crippen LogP contribution in [-0.4, -0.2) is 0 Å². The van der Waals surface area contributed by atoms with Crippen LogP contribution in [-0.2, 0) is 6.42 Å². The van der Waals surface area contributed by atoms with Crippen molar-refractivity contribution in [1.82, 2.24) is 0 Å². The van der Waals surface area contributed by atoms with E-state index in [1.165, 1.54) is 16.7 Å². The molecule has 0 aliphatic heterocycles.